The van der Waals surface area contributed by atoms with E-state index >= 15 is 0 Å². The Kier molecular flexibility index (Phi) is 3.57. The van der Waals surface area contributed by atoms with Crippen LogP contribution in [0.5, 0.6) is 0 Å². The number of hydrogen-bond donors (Lipinski definition) is 1. The topological polar surface area (TPSA) is 66.8 Å². The van der Waals surface area contributed by atoms with Crippen LogP contribution in [0.15, 0.2) is 12.2 Å². The smallest absolute Gasteiger partial charge is 0.410 e. The summed E-state index contributed by atoms with van der Waals surface area (Å²) < 4.78 is 5.17. The van der Waals surface area contributed by atoms with Crippen molar-refractivity contribution in [2.75, 3.05) is 13.1 Å². The van der Waals surface area contributed by atoms with Gasteiger partial charge in [0.05, 0.1) is 5.92 Å². The summed E-state index contributed by atoms with van der Waals surface area (Å²) in [6, 6.07) is 0. The van der Waals surface area contributed by atoms with E-state index in [1.807, 2.05) is 0 Å². The molecule has 1 amide bonds. The highest BCUT2D eigenvalue weighted by atomic mass is 16.6. The average molecular weight is 227 g/mol. The van der Waals surface area contributed by atoms with E-state index in [-0.39, 0.29) is 6.54 Å². The monoisotopic (exact) mass is 227 g/mol. The van der Waals surface area contributed by atoms with Crippen molar-refractivity contribution in [3.8, 4) is 0 Å². The fraction of sp³-hybridized carbons (Fsp3) is 0.636. The van der Waals surface area contributed by atoms with Gasteiger partial charge < -0.3 is 14.7 Å². The van der Waals surface area contributed by atoms with Crippen molar-refractivity contribution >= 4 is 12.1 Å². The highest BCUT2D eigenvalue weighted by molar-refractivity contribution is 5.75. The van der Waals surface area contributed by atoms with Gasteiger partial charge in [-0.15, -0.1) is 0 Å². The number of aliphatic carboxylic acids is 1. The second kappa shape index (κ2) is 4.55. The van der Waals surface area contributed by atoms with E-state index in [0.717, 1.165) is 0 Å². The zero-order valence-corrected chi connectivity index (χ0v) is 9.77. The van der Waals surface area contributed by atoms with Crippen molar-refractivity contribution < 1.29 is 19.4 Å². The van der Waals surface area contributed by atoms with E-state index in [0.29, 0.717) is 6.54 Å². The van der Waals surface area contributed by atoms with E-state index in [2.05, 4.69) is 0 Å². The molecule has 16 heavy (non-hydrogen) atoms. The lowest BCUT2D eigenvalue weighted by Crippen LogP contribution is -2.42. The lowest BCUT2D eigenvalue weighted by atomic mass is 10.1. The van der Waals surface area contributed by atoms with Crippen molar-refractivity contribution in [3.05, 3.63) is 12.2 Å². The number of amides is 1. The second-order valence-electron chi connectivity index (χ2n) is 4.76. The molecule has 1 rings (SSSR count). The molecule has 1 aliphatic heterocycles. The fourth-order valence-corrected chi connectivity index (χ4v) is 1.36. The zero-order valence-electron chi connectivity index (χ0n) is 9.77. The number of nitrogens with zero attached hydrogens (tertiary/aromatic N) is 1. The van der Waals surface area contributed by atoms with E-state index in [9.17, 15) is 9.59 Å². The van der Waals surface area contributed by atoms with Crippen LogP contribution in [0.1, 0.15) is 20.8 Å². The first kappa shape index (κ1) is 12.5. The number of ether oxygens (including phenoxy) is 1. The Morgan fingerprint density at radius 1 is 1.44 bits per heavy atom. The lowest BCUT2D eigenvalue weighted by molar-refractivity contribution is -0.140. The predicted molar refractivity (Wildman–Crippen MR) is 58.1 cm³/mol. The third-order valence-electron chi connectivity index (χ3n) is 2.08. The molecule has 0 saturated carbocycles. The highest BCUT2D eigenvalue weighted by Crippen LogP contribution is 2.14. The van der Waals surface area contributed by atoms with Crippen LogP contribution in [0.4, 0.5) is 4.79 Å². The Morgan fingerprint density at radius 3 is 2.56 bits per heavy atom. The maximum absolute atomic E-state index is 11.7. The van der Waals surface area contributed by atoms with E-state index in [1.54, 1.807) is 32.9 Å². The van der Waals surface area contributed by atoms with Gasteiger partial charge in [0.15, 0.2) is 0 Å². The largest absolute Gasteiger partial charge is 0.481 e. The molecule has 1 atom stereocenters. The van der Waals surface area contributed by atoms with E-state index in [1.165, 1.54) is 4.90 Å². The number of hydrogen-bond acceptors (Lipinski definition) is 3. The summed E-state index contributed by atoms with van der Waals surface area (Å²) in [7, 11) is 0. The molecule has 0 aromatic heterocycles. The SMILES string of the molecule is CC(C)(C)OC(=O)N1CC=C[C@@H](C(=O)O)C1. The highest BCUT2D eigenvalue weighted by Gasteiger charge is 2.27. The van der Waals surface area contributed by atoms with Gasteiger partial charge in [-0.1, -0.05) is 12.2 Å². The van der Waals surface area contributed by atoms with Crippen LogP contribution in [0.25, 0.3) is 0 Å². The van der Waals surface area contributed by atoms with Crippen LogP contribution in [0.2, 0.25) is 0 Å². The van der Waals surface area contributed by atoms with Crippen molar-refractivity contribution in [2.45, 2.75) is 26.4 Å². The molecule has 0 fully saturated rings. The van der Waals surface area contributed by atoms with E-state index < -0.39 is 23.6 Å². The number of rotatable bonds is 1. The molecule has 0 bridgehead atoms. The van der Waals surface area contributed by atoms with Crippen LogP contribution < -0.4 is 0 Å². The summed E-state index contributed by atoms with van der Waals surface area (Å²) in [6.45, 7) is 5.90. The van der Waals surface area contributed by atoms with Gasteiger partial charge in [0.25, 0.3) is 0 Å². The zero-order chi connectivity index (χ0) is 12.3. The molecule has 5 nitrogen and oxygen atoms in total. The Hall–Kier alpha value is -1.52. The molecule has 0 aromatic rings. The van der Waals surface area contributed by atoms with E-state index in [4.69, 9.17) is 9.84 Å². The summed E-state index contributed by atoms with van der Waals surface area (Å²) in [5.74, 6) is -1.56. The van der Waals surface area contributed by atoms with Gasteiger partial charge in [0.1, 0.15) is 5.60 Å². The Labute approximate surface area is 94.7 Å². The van der Waals surface area contributed by atoms with Crippen molar-refractivity contribution in [1.82, 2.24) is 4.90 Å². The molecule has 1 aliphatic rings. The fourth-order valence-electron chi connectivity index (χ4n) is 1.36. The van der Waals surface area contributed by atoms with Gasteiger partial charge in [0, 0.05) is 13.1 Å². The number of carbonyl (C=O) groups excluding carboxylic acids is 1. The molecule has 0 spiro atoms. The quantitative estimate of drug-likeness (QED) is 0.689. The second-order valence-corrected chi connectivity index (χ2v) is 4.76. The third kappa shape index (κ3) is 3.56. The van der Waals surface area contributed by atoms with Gasteiger partial charge in [-0.25, -0.2) is 4.79 Å². The van der Waals surface area contributed by atoms with Crippen molar-refractivity contribution in [2.24, 2.45) is 5.92 Å². The minimum atomic E-state index is -0.926. The van der Waals surface area contributed by atoms with Gasteiger partial charge in [-0.05, 0) is 20.8 Å². The normalized spacial score (nSPS) is 20.7. The van der Waals surface area contributed by atoms with Crippen LogP contribution in [0.3, 0.4) is 0 Å². The Morgan fingerprint density at radius 2 is 2.06 bits per heavy atom. The van der Waals surface area contributed by atoms with Crippen LogP contribution >= 0.6 is 0 Å². The molecule has 0 aromatic carbocycles. The third-order valence-corrected chi connectivity index (χ3v) is 2.08. The summed E-state index contributed by atoms with van der Waals surface area (Å²) in [5, 5.41) is 8.84. The molecule has 1 N–H and O–H groups in total. The molecule has 0 radical (unpaired) electrons. The summed E-state index contributed by atoms with van der Waals surface area (Å²) >= 11 is 0. The van der Waals surface area contributed by atoms with Gasteiger partial charge >= 0.3 is 12.1 Å². The average Bonchev–Trinajstić information content (AvgIpc) is 2.15. The molecule has 0 unspecified atom stereocenters. The molecule has 0 aliphatic carbocycles. The molecular formula is C11H17NO4. The van der Waals surface area contributed by atoms with Crippen LogP contribution in [-0.4, -0.2) is 40.8 Å². The Bertz CT molecular complexity index is 316. The number of carboxylic acids is 1. The minimum absolute atomic E-state index is 0.167. The molecule has 0 saturated heterocycles. The first-order valence-corrected chi connectivity index (χ1v) is 5.17. The van der Waals surface area contributed by atoms with Gasteiger partial charge in [-0.2, -0.15) is 0 Å². The maximum Gasteiger partial charge on any atom is 0.410 e. The van der Waals surface area contributed by atoms with Gasteiger partial charge in [0.2, 0.25) is 0 Å². The minimum Gasteiger partial charge on any atom is -0.481 e. The lowest BCUT2D eigenvalue weighted by Gasteiger charge is -2.29. The van der Waals surface area contributed by atoms with Crippen molar-refractivity contribution in [3.63, 3.8) is 0 Å². The standard InChI is InChI=1S/C11H17NO4/c1-11(2,3)16-10(15)12-6-4-5-8(7-12)9(13)14/h4-5,8H,6-7H2,1-3H3,(H,13,14)/t8-/m1/s1. The predicted octanol–water partition coefficient (Wildman–Crippen LogP) is 1.49. The first-order valence-electron chi connectivity index (χ1n) is 5.17. The van der Waals surface area contributed by atoms with Gasteiger partial charge in [-0.3, -0.25) is 4.79 Å². The molecule has 90 valence electrons. The van der Waals surface area contributed by atoms with Crippen LogP contribution in [-0.2, 0) is 9.53 Å². The number of carbonyl (C=O) groups is 2. The molecular weight excluding hydrogens is 210 g/mol. The molecule has 5 heteroatoms. The summed E-state index contributed by atoms with van der Waals surface area (Å²) in [4.78, 5) is 23.8. The summed E-state index contributed by atoms with van der Waals surface area (Å²) in [5.41, 5.74) is -0.559. The molecule has 1 heterocycles. The Balaban J connectivity index is 2.60. The maximum atomic E-state index is 11.7. The van der Waals surface area contributed by atoms with Crippen molar-refractivity contribution in [1.29, 1.82) is 0 Å². The number of carboxylic acid groups (broad SMARTS) is 1. The summed E-state index contributed by atoms with van der Waals surface area (Å²) in [6.07, 6.45) is 2.80. The first-order chi connectivity index (χ1) is 7.29. The van der Waals surface area contributed by atoms with Crippen LogP contribution in [0, 0.1) is 5.92 Å².